The maximum absolute atomic E-state index is 12.8. The van der Waals surface area contributed by atoms with Crippen LogP contribution in [-0.4, -0.2) is 17.3 Å². The Balaban J connectivity index is 2.26. The van der Waals surface area contributed by atoms with Gasteiger partial charge in [0.25, 0.3) is 0 Å². The summed E-state index contributed by atoms with van der Waals surface area (Å²) < 4.78 is 5.64. The highest BCUT2D eigenvalue weighted by molar-refractivity contribution is 6.53. The molecule has 0 saturated heterocycles. The van der Waals surface area contributed by atoms with E-state index in [9.17, 15) is 14.4 Å². The first-order valence-electron chi connectivity index (χ1n) is 7.28. The molecule has 23 heavy (non-hydrogen) atoms. The predicted molar refractivity (Wildman–Crippen MR) is 84.1 cm³/mol. The summed E-state index contributed by atoms with van der Waals surface area (Å²) in [6, 6.07) is 8.57. The quantitative estimate of drug-likeness (QED) is 0.695. The molecule has 2 N–H and O–H groups in total. The molecule has 116 valence electrons. The van der Waals surface area contributed by atoms with Crippen LogP contribution in [0.4, 0.5) is 0 Å². The highest BCUT2D eigenvalue weighted by atomic mass is 16.3. The molecule has 5 heteroatoms. The summed E-state index contributed by atoms with van der Waals surface area (Å²) in [5.41, 5.74) is 6.73. The van der Waals surface area contributed by atoms with Gasteiger partial charge >= 0.3 is 0 Å². The van der Waals surface area contributed by atoms with E-state index in [2.05, 4.69) is 0 Å². The van der Waals surface area contributed by atoms with E-state index in [1.807, 2.05) is 6.92 Å². The number of nitrogens with two attached hydrogens (primary N) is 1. The summed E-state index contributed by atoms with van der Waals surface area (Å²) in [7, 11) is 0. The van der Waals surface area contributed by atoms with Gasteiger partial charge in [0.15, 0.2) is 5.78 Å². The fourth-order valence-corrected chi connectivity index (χ4v) is 2.83. The lowest BCUT2D eigenvalue weighted by atomic mass is 9.87. The molecule has 0 spiro atoms. The van der Waals surface area contributed by atoms with E-state index in [1.165, 1.54) is 0 Å². The van der Waals surface area contributed by atoms with Crippen molar-refractivity contribution in [3.8, 4) is 0 Å². The SMILES string of the molecule is CCC1=C(N)C(=O)C(=O)c2c1oc(C)c2C(=O)c1ccccc1. The van der Waals surface area contributed by atoms with Crippen molar-refractivity contribution in [1.82, 2.24) is 0 Å². The summed E-state index contributed by atoms with van der Waals surface area (Å²) in [5, 5.41) is 0. The zero-order chi connectivity index (χ0) is 16.7. The number of carbonyl (C=O) groups excluding carboxylic acids is 3. The maximum Gasteiger partial charge on any atom is 0.249 e. The fourth-order valence-electron chi connectivity index (χ4n) is 2.83. The fraction of sp³-hybridized carbons (Fsp3) is 0.167. The molecule has 0 aliphatic heterocycles. The third-order valence-corrected chi connectivity index (χ3v) is 3.98. The molecule has 1 aliphatic rings. The number of aryl methyl sites for hydroxylation is 1. The first kappa shape index (κ1) is 15.0. The van der Waals surface area contributed by atoms with Crippen LogP contribution in [0.5, 0.6) is 0 Å². The first-order valence-corrected chi connectivity index (χ1v) is 7.28. The van der Waals surface area contributed by atoms with Crippen LogP contribution >= 0.6 is 0 Å². The van der Waals surface area contributed by atoms with Crippen molar-refractivity contribution < 1.29 is 18.8 Å². The monoisotopic (exact) mass is 309 g/mol. The minimum absolute atomic E-state index is 0.0346. The second-order valence-electron chi connectivity index (χ2n) is 5.34. The second kappa shape index (κ2) is 5.35. The summed E-state index contributed by atoms with van der Waals surface area (Å²) in [4.78, 5) is 37.2. The summed E-state index contributed by atoms with van der Waals surface area (Å²) in [5.74, 6) is -1.36. The highest BCUT2D eigenvalue weighted by Crippen LogP contribution is 2.36. The topological polar surface area (TPSA) is 90.4 Å². The second-order valence-corrected chi connectivity index (χ2v) is 5.34. The van der Waals surface area contributed by atoms with Crippen LogP contribution in [-0.2, 0) is 4.79 Å². The predicted octanol–water partition coefficient (Wildman–Crippen LogP) is 2.66. The normalized spacial score (nSPS) is 14.2. The van der Waals surface area contributed by atoms with Crippen molar-refractivity contribution in [2.75, 3.05) is 0 Å². The van der Waals surface area contributed by atoms with E-state index < -0.39 is 11.6 Å². The van der Waals surface area contributed by atoms with Crippen LogP contribution in [0.25, 0.3) is 5.57 Å². The van der Waals surface area contributed by atoms with Crippen LogP contribution in [0.1, 0.15) is 51.1 Å². The average Bonchev–Trinajstić information content (AvgIpc) is 2.90. The van der Waals surface area contributed by atoms with Crippen LogP contribution in [0.2, 0.25) is 0 Å². The van der Waals surface area contributed by atoms with Crippen LogP contribution in [0, 0.1) is 6.92 Å². The van der Waals surface area contributed by atoms with Crippen molar-refractivity contribution in [3.05, 3.63) is 64.2 Å². The number of Topliss-reactive ketones (excluding diaryl/α,β-unsaturated/α-hetero) is 2. The molecule has 0 fully saturated rings. The Morgan fingerprint density at radius 3 is 2.39 bits per heavy atom. The Morgan fingerprint density at radius 2 is 1.78 bits per heavy atom. The Morgan fingerprint density at radius 1 is 1.13 bits per heavy atom. The molecule has 1 aliphatic carbocycles. The van der Waals surface area contributed by atoms with Gasteiger partial charge in [0, 0.05) is 11.1 Å². The molecule has 0 amide bonds. The molecular weight excluding hydrogens is 294 g/mol. The number of hydrogen-bond donors (Lipinski definition) is 1. The number of allylic oxidation sites excluding steroid dienone is 2. The van der Waals surface area contributed by atoms with E-state index in [-0.39, 0.29) is 28.4 Å². The summed E-state index contributed by atoms with van der Waals surface area (Å²) in [6.45, 7) is 3.42. The molecule has 0 saturated carbocycles. The molecule has 1 heterocycles. The van der Waals surface area contributed by atoms with Gasteiger partial charge in [-0.3, -0.25) is 14.4 Å². The highest BCUT2D eigenvalue weighted by Gasteiger charge is 2.38. The molecule has 1 aromatic carbocycles. The van der Waals surface area contributed by atoms with Gasteiger partial charge in [-0.15, -0.1) is 0 Å². The van der Waals surface area contributed by atoms with Gasteiger partial charge < -0.3 is 10.2 Å². The number of fused-ring (bicyclic) bond motifs is 1. The largest absolute Gasteiger partial charge is 0.460 e. The molecule has 0 atom stereocenters. The molecule has 1 aromatic heterocycles. The zero-order valence-corrected chi connectivity index (χ0v) is 12.8. The Bertz CT molecular complexity index is 872. The van der Waals surface area contributed by atoms with Crippen molar-refractivity contribution in [3.63, 3.8) is 0 Å². The van der Waals surface area contributed by atoms with Gasteiger partial charge in [-0.2, -0.15) is 0 Å². The van der Waals surface area contributed by atoms with Crippen LogP contribution < -0.4 is 5.73 Å². The molecule has 0 bridgehead atoms. The van der Waals surface area contributed by atoms with Crippen molar-refractivity contribution >= 4 is 22.9 Å². The Kier molecular flexibility index (Phi) is 3.48. The molecule has 3 rings (SSSR count). The van der Waals surface area contributed by atoms with Crippen molar-refractivity contribution in [1.29, 1.82) is 0 Å². The lowest BCUT2D eigenvalue weighted by Crippen LogP contribution is -2.28. The molecular formula is C18H15NO4. The van der Waals surface area contributed by atoms with Crippen molar-refractivity contribution in [2.45, 2.75) is 20.3 Å². The maximum atomic E-state index is 12.8. The van der Waals surface area contributed by atoms with E-state index in [0.29, 0.717) is 23.3 Å². The minimum Gasteiger partial charge on any atom is -0.460 e. The summed E-state index contributed by atoms with van der Waals surface area (Å²) >= 11 is 0. The van der Waals surface area contributed by atoms with Gasteiger partial charge in [-0.1, -0.05) is 37.3 Å². The van der Waals surface area contributed by atoms with Crippen LogP contribution in [0.15, 0.2) is 40.4 Å². The average molecular weight is 309 g/mol. The zero-order valence-electron chi connectivity index (χ0n) is 12.8. The molecule has 5 nitrogen and oxygen atoms in total. The lowest BCUT2D eigenvalue weighted by molar-refractivity contribution is -0.111. The van der Waals surface area contributed by atoms with Crippen LogP contribution in [0.3, 0.4) is 0 Å². The number of hydrogen-bond acceptors (Lipinski definition) is 5. The minimum atomic E-state index is -0.786. The smallest absolute Gasteiger partial charge is 0.249 e. The van der Waals surface area contributed by atoms with E-state index in [0.717, 1.165) is 0 Å². The Hall–Kier alpha value is -2.95. The molecule has 0 unspecified atom stereocenters. The van der Waals surface area contributed by atoms with Gasteiger partial charge in [0.2, 0.25) is 11.6 Å². The molecule has 0 radical (unpaired) electrons. The number of furan rings is 1. The van der Waals surface area contributed by atoms with Gasteiger partial charge in [0.05, 0.1) is 16.8 Å². The first-order chi connectivity index (χ1) is 11.0. The number of ketones is 3. The molecule has 2 aromatic rings. The number of carbonyl (C=O) groups is 3. The van der Waals surface area contributed by atoms with E-state index in [4.69, 9.17) is 10.2 Å². The van der Waals surface area contributed by atoms with Gasteiger partial charge in [0.1, 0.15) is 11.5 Å². The van der Waals surface area contributed by atoms with Crippen molar-refractivity contribution in [2.24, 2.45) is 5.73 Å². The van der Waals surface area contributed by atoms with Gasteiger partial charge in [-0.05, 0) is 13.3 Å². The lowest BCUT2D eigenvalue weighted by Gasteiger charge is -2.14. The standard InChI is InChI=1S/C18H15NO4/c1-3-11-14(19)17(22)16(21)13-12(9(2)23-18(11)13)15(20)10-7-5-4-6-8-10/h4-8H,3,19H2,1-2H3. The number of benzene rings is 1. The van der Waals surface area contributed by atoms with Gasteiger partial charge in [-0.25, -0.2) is 0 Å². The third-order valence-electron chi connectivity index (χ3n) is 3.98. The third kappa shape index (κ3) is 2.12. The van der Waals surface area contributed by atoms with E-state index in [1.54, 1.807) is 37.3 Å². The summed E-state index contributed by atoms with van der Waals surface area (Å²) in [6.07, 6.45) is 0.434. The van der Waals surface area contributed by atoms with E-state index >= 15 is 0 Å². The number of rotatable bonds is 3. The Labute approximate surface area is 132 Å².